The molecule has 2 aromatic heterocycles. The minimum absolute atomic E-state index is 0.140. The van der Waals surface area contributed by atoms with Crippen LogP contribution in [0.15, 0.2) is 89.6 Å². The molecule has 4 atom stereocenters. The van der Waals surface area contributed by atoms with Gasteiger partial charge in [0.2, 0.25) is 0 Å². The molecule has 0 radical (unpaired) electrons. The first-order valence-corrected chi connectivity index (χ1v) is 11.4. The van der Waals surface area contributed by atoms with Crippen LogP contribution in [-0.4, -0.2) is 11.6 Å². The molecular formula is C27H21NOS. The molecule has 4 unspecified atom stereocenters. The first-order chi connectivity index (χ1) is 14.7. The number of hydrogen-bond donors (Lipinski definition) is 0. The molecule has 30 heavy (non-hydrogen) atoms. The van der Waals surface area contributed by atoms with E-state index < -0.39 is 0 Å². The molecule has 0 saturated carbocycles. The molecule has 3 aliphatic rings. The van der Waals surface area contributed by atoms with Gasteiger partial charge in [0, 0.05) is 37.3 Å². The van der Waals surface area contributed by atoms with E-state index >= 15 is 0 Å². The topological polar surface area (TPSA) is 16.4 Å². The van der Waals surface area contributed by atoms with Gasteiger partial charge < -0.3 is 9.32 Å². The van der Waals surface area contributed by atoms with Gasteiger partial charge in [-0.25, -0.2) is 0 Å². The second kappa shape index (κ2) is 5.77. The number of thiophene rings is 1. The lowest BCUT2D eigenvalue weighted by molar-refractivity contribution is 0.374. The van der Waals surface area contributed by atoms with E-state index in [0.717, 1.165) is 5.76 Å². The summed E-state index contributed by atoms with van der Waals surface area (Å²) in [5, 5.41) is 2.70. The first-order valence-electron chi connectivity index (χ1n) is 10.6. The van der Waals surface area contributed by atoms with E-state index in [1.807, 2.05) is 17.6 Å². The number of anilines is 1. The highest BCUT2D eigenvalue weighted by molar-refractivity contribution is 7.25. The molecule has 0 spiro atoms. The Morgan fingerprint density at radius 3 is 2.80 bits per heavy atom. The summed E-state index contributed by atoms with van der Waals surface area (Å²) in [7, 11) is 0. The molecule has 1 aliphatic heterocycles. The Balaban J connectivity index is 1.46. The van der Waals surface area contributed by atoms with Crippen molar-refractivity contribution in [2.75, 3.05) is 4.90 Å². The monoisotopic (exact) mass is 407 g/mol. The minimum atomic E-state index is -0.140. The van der Waals surface area contributed by atoms with Crippen molar-refractivity contribution in [1.82, 2.24) is 0 Å². The third-order valence-electron chi connectivity index (χ3n) is 7.23. The van der Waals surface area contributed by atoms with Crippen LogP contribution in [0, 0.1) is 5.92 Å². The number of fused-ring (bicyclic) bond motifs is 8. The van der Waals surface area contributed by atoms with Gasteiger partial charge in [0.25, 0.3) is 0 Å². The third-order valence-corrected chi connectivity index (χ3v) is 8.38. The summed E-state index contributed by atoms with van der Waals surface area (Å²) in [5.41, 5.74) is 2.37. The van der Waals surface area contributed by atoms with Crippen LogP contribution in [0.1, 0.15) is 24.2 Å². The summed E-state index contributed by atoms with van der Waals surface area (Å²) in [6, 6.07) is 18.1. The Bertz CT molecular complexity index is 1400. The number of rotatable bonds is 1. The Kier molecular flexibility index (Phi) is 3.21. The van der Waals surface area contributed by atoms with Crippen LogP contribution < -0.4 is 4.90 Å². The molecule has 1 fully saturated rings. The van der Waals surface area contributed by atoms with Crippen molar-refractivity contribution < 1.29 is 4.42 Å². The SMILES string of the molecule is CC12C=Cc3ccoc3C1C1C=CC=CC1N2c1ccc2sc3ccccc3c2c1. The number of allylic oxidation sites excluding steroid dienone is 2. The average Bonchev–Trinajstić information content (AvgIpc) is 3.44. The van der Waals surface area contributed by atoms with Gasteiger partial charge in [0.15, 0.2) is 0 Å². The molecule has 2 aromatic carbocycles. The zero-order valence-electron chi connectivity index (χ0n) is 16.7. The van der Waals surface area contributed by atoms with Crippen LogP contribution in [-0.2, 0) is 0 Å². The molecule has 0 N–H and O–H groups in total. The smallest absolute Gasteiger partial charge is 0.117 e. The predicted octanol–water partition coefficient (Wildman–Crippen LogP) is 7.15. The maximum atomic E-state index is 6.05. The summed E-state index contributed by atoms with van der Waals surface area (Å²) >= 11 is 1.88. The summed E-state index contributed by atoms with van der Waals surface area (Å²) < 4.78 is 8.75. The Labute approximate surface area is 179 Å². The molecule has 2 nitrogen and oxygen atoms in total. The largest absolute Gasteiger partial charge is 0.468 e. The van der Waals surface area contributed by atoms with Crippen molar-refractivity contribution in [2.24, 2.45) is 5.92 Å². The predicted molar refractivity (Wildman–Crippen MR) is 126 cm³/mol. The third kappa shape index (κ3) is 2.03. The number of hydrogen-bond acceptors (Lipinski definition) is 3. The lowest BCUT2D eigenvalue weighted by Crippen LogP contribution is -2.46. The molecule has 0 amide bonds. The van der Waals surface area contributed by atoms with Crippen LogP contribution in [0.25, 0.3) is 26.2 Å². The average molecular weight is 408 g/mol. The van der Waals surface area contributed by atoms with Crippen LogP contribution in [0.5, 0.6) is 0 Å². The fourth-order valence-electron chi connectivity index (χ4n) is 5.96. The van der Waals surface area contributed by atoms with Crippen molar-refractivity contribution in [3.05, 3.63) is 96.5 Å². The Hall–Kier alpha value is -3.04. The van der Waals surface area contributed by atoms with Gasteiger partial charge in [-0.05, 0) is 37.3 Å². The van der Waals surface area contributed by atoms with E-state index in [4.69, 9.17) is 4.42 Å². The fourth-order valence-corrected chi connectivity index (χ4v) is 7.04. The van der Waals surface area contributed by atoms with E-state index in [2.05, 4.69) is 96.8 Å². The molecule has 146 valence electrons. The van der Waals surface area contributed by atoms with Crippen molar-refractivity contribution in [3.8, 4) is 0 Å². The van der Waals surface area contributed by atoms with Gasteiger partial charge in [-0.3, -0.25) is 0 Å². The summed E-state index contributed by atoms with van der Waals surface area (Å²) in [5.74, 6) is 1.82. The lowest BCUT2D eigenvalue weighted by atomic mass is 9.73. The zero-order valence-corrected chi connectivity index (χ0v) is 17.5. The van der Waals surface area contributed by atoms with Gasteiger partial charge >= 0.3 is 0 Å². The molecule has 7 rings (SSSR count). The van der Waals surface area contributed by atoms with Gasteiger partial charge in [0.05, 0.1) is 23.8 Å². The first kappa shape index (κ1) is 16.7. The van der Waals surface area contributed by atoms with E-state index in [1.165, 1.54) is 31.4 Å². The van der Waals surface area contributed by atoms with Gasteiger partial charge in [0.1, 0.15) is 5.76 Å². The van der Waals surface area contributed by atoms with Crippen LogP contribution in [0.3, 0.4) is 0 Å². The molecule has 3 heteroatoms. The second-order valence-corrected chi connectivity index (χ2v) is 9.85. The molecule has 1 saturated heterocycles. The summed E-state index contributed by atoms with van der Waals surface area (Å²) in [6.45, 7) is 2.37. The van der Waals surface area contributed by atoms with Crippen molar-refractivity contribution in [1.29, 1.82) is 0 Å². The fraction of sp³-hybridized carbons (Fsp3) is 0.185. The quantitative estimate of drug-likeness (QED) is 0.333. The summed E-state index contributed by atoms with van der Waals surface area (Å²) in [6.07, 6.45) is 15.6. The number of benzene rings is 2. The highest BCUT2D eigenvalue weighted by Gasteiger charge is 2.57. The van der Waals surface area contributed by atoms with Crippen molar-refractivity contribution >= 4 is 43.3 Å². The van der Waals surface area contributed by atoms with E-state index in [9.17, 15) is 0 Å². The molecular weight excluding hydrogens is 386 g/mol. The highest BCUT2D eigenvalue weighted by Crippen LogP contribution is 2.56. The maximum absolute atomic E-state index is 6.05. The van der Waals surface area contributed by atoms with Crippen molar-refractivity contribution in [2.45, 2.75) is 24.4 Å². The van der Waals surface area contributed by atoms with Gasteiger partial charge in [-0.2, -0.15) is 0 Å². The van der Waals surface area contributed by atoms with Crippen LogP contribution in [0.4, 0.5) is 5.69 Å². The lowest BCUT2D eigenvalue weighted by Gasteiger charge is -2.41. The second-order valence-electron chi connectivity index (χ2n) is 8.76. The molecule has 4 aromatic rings. The molecule has 2 aliphatic carbocycles. The summed E-state index contributed by atoms with van der Waals surface area (Å²) in [4.78, 5) is 2.62. The van der Waals surface area contributed by atoms with Gasteiger partial charge in [-0.1, -0.05) is 54.7 Å². The van der Waals surface area contributed by atoms with Gasteiger partial charge in [-0.15, -0.1) is 11.3 Å². The maximum Gasteiger partial charge on any atom is 0.117 e. The normalized spacial score (nSPS) is 28.8. The number of furan rings is 1. The Morgan fingerprint density at radius 2 is 1.83 bits per heavy atom. The van der Waals surface area contributed by atoms with E-state index in [0.29, 0.717) is 17.9 Å². The highest BCUT2D eigenvalue weighted by atomic mass is 32.1. The standard InChI is InChI=1S/C27H21NOS/c1-27-14-12-17-13-15-29-26(17)25(27)20-7-2-4-8-22(20)28(27)18-10-11-24-21(16-18)19-6-3-5-9-23(19)30-24/h2-16,20,22,25H,1H3. The molecule has 0 bridgehead atoms. The Morgan fingerprint density at radius 1 is 0.967 bits per heavy atom. The van der Waals surface area contributed by atoms with Crippen molar-refractivity contribution in [3.63, 3.8) is 0 Å². The van der Waals surface area contributed by atoms with E-state index in [-0.39, 0.29) is 5.54 Å². The van der Waals surface area contributed by atoms with Crippen LogP contribution in [0.2, 0.25) is 0 Å². The molecule has 3 heterocycles. The van der Waals surface area contributed by atoms with E-state index in [1.54, 1.807) is 0 Å². The minimum Gasteiger partial charge on any atom is -0.468 e. The number of nitrogens with zero attached hydrogens (tertiary/aromatic N) is 1. The van der Waals surface area contributed by atoms with Crippen LogP contribution >= 0.6 is 11.3 Å². The zero-order chi connectivity index (χ0) is 19.9.